The molecular formula is C16H25N3O. The van der Waals surface area contributed by atoms with Gasteiger partial charge in [-0.25, -0.2) is 5.84 Å². The third-order valence-corrected chi connectivity index (χ3v) is 3.88. The highest BCUT2D eigenvalue weighted by molar-refractivity contribution is 6.01. The van der Waals surface area contributed by atoms with Crippen molar-refractivity contribution in [2.75, 3.05) is 7.11 Å². The minimum absolute atomic E-state index is 0.369. The molecule has 1 saturated carbocycles. The van der Waals surface area contributed by atoms with Crippen LogP contribution in [-0.4, -0.2) is 19.0 Å². The van der Waals surface area contributed by atoms with Crippen LogP contribution >= 0.6 is 0 Å². The molecule has 1 aliphatic carbocycles. The maximum Gasteiger partial charge on any atom is 0.146 e. The molecule has 1 aliphatic rings. The molecule has 0 heterocycles. The summed E-state index contributed by atoms with van der Waals surface area (Å²) >= 11 is 0. The first-order chi connectivity index (χ1) is 9.74. The van der Waals surface area contributed by atoms with Crippen molar-refractivity contribution >= 4 is 5.84 Å². The van der Waals surface area contributed by atoms with Crippen LogP contribution in [0.25, 0.3) is 0 Å². The van der Waals surface area contributed by atoms with Gasteiger partial charge >= 0.3 is 0 Å². The second-order valence-electron chi connectivity index (χ2n) is 5.47. The summed E-state index contributed by atoms with van der Waals surface area (Å²) < 4.78 is 5.42. The minimum Gasteiger partial charge on any atom is -0.496 e. The molecule has 2 rings (SSSR count). The summed E-state index contributed by atoms with van der Waals surface area (Å²) in [5.41, 5.74) is 4.87. The summed E-state index contributed by atoms with van der Waals surface area (Å²) in [6.45, 7) is 2.06. The predicted molar refractivity (Wildman–Crippen MR) is 83.1 cm³/mol. The van der Waals surface area contributed by atoms with Gasteiger partial charge in [-0.3, -0.25) is 4.99 Å². The number of rotatable bonds is 3. The molecule has 0 spiro atoms. The second kappa shape index (κ2) is 7.29. The van der Waals surface area contributed by atoms with E-state index >= 15 is 0 Å². The zero-order valence-corrected chi connectivity index (χ0v) is 12.5. The third kappa shape index (κ3) is 3.73. The molecule has 20 heavy (non-hydrogen) atoms. The van der Waals surface area contributed by atoms with Crippen molar-refractivity contribution in [3.05, 3.63) is 29.3 Å². The zero-order valence-electron chi connectivity index (χ0n) is 12.5. The van der Waals surface area contributed by atoms with Crippen LogP contribution in [0.1, 0.15) is 49.7 Å². The SMILES string of the molecule is COc1ccc(C)cc1C(=NC1CCCCCC1)NN. The van der Waals surface area contributed by atoms with Crippen molar-refractivity contribution in [3.63, 3.8) is 0 Å². The van der Waals surface area contributed by atoms with E-state index in [4.69, 9.17) is 15.6 Å². The molecule has 4 heteroatoms. The van der Waals surface area contributed by atoms with E-state index in [0.29, 0.717) is 6.04 Å². The first-order valence-corrected chi connectivity index (χ1v) is 7.44. The molecule has 3 N–H and O–H groups in total. The van der Waals surface area contributed by atoms with Crippen molar-refractivity contribution in [1.82, 2.24) is 5.43 Å². The number of aryl methyl sites for hydroxylation is 1. The number of nitrogens with one attached hydrogen (secondary N) is 1. The lowest BCUT2D eigenvalue weighted by Gasteiger charge is -2.15. The Morgan fingerprint density at radius 3 is 2.55 bits per heavy atom. The first-order valence-electron chi connectivity index (χ1n) is 7.44. The van der Waals surface area contributed by atoms with Crippen molar-refractivity contribution in [1.29, 1.82) is 0 Å². The normalized spacial score (nSPS) is 17.6. The Morgan fingerprint density at radius 1 is 1.25 bits per heavy atom. The van der Waals surface area contributed by atoms with E-state index in [1.54, 1.807) is 7.11 Å². The highest BCUT2D eigenvalue weighted by atomic mass is 16.5. The summed E-state index contributed by atoms with van der Waals surface area (Å²) in [4.78, 5) is 4.83. The summed E-state index contributed by atoms with van der Waals surface area (Å²) in [5, 5.41) is 0. The minimum atomic E-state index is 0.369. The lowest BCUT2D eigenvalue weighted by molar-refractivity contribution is 0.413. The summed E-state index contributed by atoms with van der Waals surface area (Å²) in [5.74, 6) is 7.24. The number of nitrogens with two attached hydrogens (primary N) is 1. The molecule has 0 atom stereocenters. The highest BCUT2D eigenvalue weighted by Gasteiger charge is 2.15. The van der Waals surface area contributed by atoms with Crippen LogP contribution in [0.15, 0.2) is 23.2 Å². The van der Waals surface area contributed by atoms with Gasteiger partial charge in [-0.1, -0.05) is 37.3 Å². The first kappa shape index (κ1) is 14.9. The van der Waals surface area contributed by atoms with Gasteiger partial charge in [-0.2, -0.15) is 0 Å². The number of hydrogen-bond acceptors (Lipinski definition) is 3. The van der Waals surface area contributed by atoms with Gasteiger partial charge in [-0.05, 0) is 31.9 Å². The maximum atomic E-state index is 5.70. The topological polar surface area (TPSA) is 59.6 Å². The Bertz CT molecular complexity index is 463. The Hall–Kier alpha value is -1.55. The summed E-state index contributed by atoms with van der Waals surface area (Å²) in [6.07, 6.45) is 7.48. The van der Waals surface area contributed by atoms with Crippen LogP contribution in [0, 0.1) is 6.92 Å². The number of hydrazine groups is 1. The van der Waals surface area contributed by atoms with E-state index in [9.17, 15) is 0 Å². The Morgan fingerprint density at radius 2 is 1.95 bits per heavy atom. The van der Waals surface area contributed by atoms with Gasteiger partial charge < -0.3 is 10.2 Å². The molecule has 4 nitrogen and oxygen atoms in total. The van der Waals surface area contributed by atoms with Gasteiger partial charge in [-0.15, -0.1) is 0 Å². The molecule has 0 amide bonds. The van der Waals surface area contributed by atoms with Crippen LogP contribution in [0.4, 0.5) is 0 Å². The molecule has 1 aromatic carbocycles. The molecule has 0 aromatic heterocycles. The molecule has 110 valence electrons. The fraction of sp³-hybridized carbons (Fsp3) is 0.562. The van der Waals surface area contributed by atoms with Gasteiger partial charge in [0.05, 0.1) is 18.7 Å². The highest BCUT2D eigenvalue weighted by Crippen LogP contribution is 2.23. The monoisotopic (exact) mass is 275 g/mol. The van der Waals surface area contributed by atoms with Crippen LogP contribution < -0.4 is 16.0 Å². The molecule has 0 aliphatic heterocycles. The Labute approximate surface area is 121 Å². The molecule has 0 saturated heterocycles. The summed E-state index contributed by atoms with van der Waals surface area (Å²) in [6, 6.07) is 6.43. The third-order valence-electron chi connectivity index (χ3n) is 3.88. The molecular weight excluding hydrogens is 250 g/mol. The summed E-state index contributed by atoms with van der Waals surface area (Å²) in [7, 11) is 1.67. The van der Waals surface area contributed by atoms with Crippen molar-refractivity contribution in [2.45, 2.75) is 51.5 Å². The maximum absolute atomic E-state index is 5.70. The number of methoxy groups -OCH3 is 1. The van der Waals surface area contributed by atoms with Crippen molar-refractivity contribution in [3.8, 4) is 5.75 Å². The van der Waals surface area contributed by atoms with Crippen molar-refractivity contribution in [2.24, 2.45) is 10.8 Å². The molecule has 0 radical (unpaired) electrons. The lowest BCUT2D eigenvalue weighted by atomic mass is 10.1. The van der Waals surface area contributed by atoms with Gasteiger partial charge in [0.1, 0.15) is 11.6 Å². The number of hydrogen-bond donors (Lipinski definition) is 2. The van der Waals surface area contributed by atoms with E-state index in [1.165, 1.54) is 31.2 Å². The lowest BCUT2D eigenvalue weighted by Crippen LogP contribution is -2.32. The van der Waals surface area contributed by atoms with Gasteiger partial charge in [0, 0.05) is 0 Å². The van der Waals surface area contributed by atoms with E-state index < -0.39 is 0 Å². The number of nitrogens with zero attached hydrogens (tertiary/aromatic N) is 1. The van der Waals surface area contributed by atoms with Gasteiger partial charge in [0.15, 0.2) is 0 Å². The smallest absolute Gasteiger partial charge is 0.146 e. The van der Waals surface area contributed by atoms with Crippen LogP contribution in [0.3, 0.4) is 0 Å². The fourth-order valence-corrected chi connectivity index (χ4v) is 2.76. The molecule has 0 bridgehead atoms. The fourth-order valence-electron chi connectivity index (χ4n) is 2.76. The number of aliphatic imine (C=N–C) groups is 1. The van der Waals surface area contributed by atoms with E-state index in [2.05, 4.69) is 18.4 Å². The molecule has 1 fully saturated rings. The Balaban J connectivity index is 2.28. The second-order valence-corrected chi connectivity index (χ2v) is 5.47. The van der Waals surface area contributed by atoms with Crippen molar-refractivity contribution < 1.29 is 4.74 Å². The van der Waals surface area contributed by atoms with Crippen LogP contribution in [-0.2, 0) is 0 Å². The van der Waals surface area contributed by atoms with Gasteiger partial charge in [0.2, 0.25) is 0 Å². The van der Waals surface area contributed by atoms with Crippen LogP contribution in [0.2, 0.25) is 0 Å². The Kier molecular flexibility index (Phi) is 5.41. The number of ether oxygens (including phenoxy) is 1. The van der Waals surface area contributed by atoms with Gasteiger partial charge in [0.25, 0.3) is 0 Å². The quantitative estimate of drug-likeness (QED) is 0.293. The zero-order chi connectivity index (χ0) is 14.4. The van der Waals surface area contributed by atoms with E-state index in [-0.39, 0.29) is 0 Å². The number of benzene rings is 1. The largest absolute Gasteiger partial charge is 0.496 e. The predicted octanol–water partition coefficient (Wildman–Crippen LogP) is 2.94. The molecule has 1 aromatic rings. The molecule has 0 unspecified atom stereocenters. The average molecular weight is 275 g/mol. The standard InChI is InChI=1S/C16H25N3O/c1-12-9-10-15(20-2)14(11-12)16(19-17)18-13-7-5-3-4-6-8-13/h9-11,13H,3-8,17H2,1-2H3,(H,18,19). The van der Waals surface area contributed by atoms with Crippen LogP contribution in [0.5, 0.6) is 5.75 Å². The van der Waals surface area contributed by atoms with E-state index in [1.807, 2.05) is 12.1 Å². The average Bonchev–Trinajstić information content (AvgIpc) is 2.73. The van der Waals surface area contributed by atoms with E-state index in [0.717, 1.165) is 30.0 Å². The number of amidine groups is 1.